The van der Waals surface area contributed by atoms with Crippen molar-refractivity contribution in [1.82, 2.24) is 9.55 Å². The van der Waals surface area contributed by atoms with Gasteiger partial charge in [-0.15, -0.1) is 0 Å². The molecule has 0 amide bonds. The van der Waals surface area contributed by atoms with E-state index in [-0.39, 0.29) is 35.5 Å². The maximum atomic E-state index is 16.2. The van der Waals surface area contributed by atoms with Crippen molar-refractivity contribution < 1.29 is 18.7 Å². The standard InChI is InChI=1S/C34H41ClFN3O3Si/c1-23-19-39(20-24(2)42-23)33-25(17-28(32(36)31(33)35)29-18-37-30(21-40)38(29)6)22-41-43(34(3,4)5,26-13-9-7-10-14-26)27-15-11-8-12-16-27/h7-18,23-24,40H,19-22H2,1-6H3/t23-,24+. The van der Waals surface area contributed by atoms with Crippen LogP contribution in [0.5, 0.6) is 0 Å². The molecule has 2 heterocycles. The maximum Gasteiger partial charge on any atom is 0.261 e. The van der Waals surface area contributed by atoms with Gasteiger partial charge in [0.1, 0.15) is 17.5 Å². The lowest BCUT2D eigenvalue weighted by molar-refractivity contribution is -0.00531. The van der Waals surface area contributed by atoms with Gasteiger partial charge in [-0.05, 0) is 35.3 Å². The second-order valence-corrected chi connectivity index (χ2v) is 17.1. The summed E-state index contributed by atoms with van der Waals surface area (Å²) in [5.74, 6) is -0.0827. The third-order valence-electron chi connectivity index (χ3n) is 8.36. The van der Waals surface area contributed by atoms with E-state index >= 15 is 4.39 Å². The van der Waals surface area contributed by atoms with Gasteiger partial charge in [0.15, 0.2) is 5.82 Å². The Kier molecular flexibility index (Phi) is 9.16. The highest BCUT2D eigenvalue weighted by Gasteiger charge is 2.50. The first-order valence-electron chi connectivity index (χ1n) is 14.8. The van der Waals surface area contributed by atoms with Crippen LogP contribution in [0.3, 0.4) is 0 Å². The molecule has 2 atom stereocenters. The largest absolute Gasteiger partial charge is 0.403 e. The first-order valence-corrected chi connectivity index (χ1v) is 17.0. The SMILES string of the molecule is C[C@@H]1CN(c2c(CO[Si](c3ccccc3)(c3ccccc3)C(C)(C)C)cc(-c3cnc(CO)n3C)c(F)c2Cl)C[C@H](C)O1. The number of aromatic nitrogens is 2. The molecule has 1 aliphatic rings. The van der Waals surface area contributed by atoms with E-state index in [2.05, 4.69) is 79.2 Å². The molecule has 0 bridgehead atoms. The lowest BCUT2D eigenvalue weighted by atomic mass is 10.0. The van der Waals surface area contributed by atoms with E-state index < -0.39 is 14.1 Å². The Labute approximate surface area is 260 Å². The molecule has 1 aromatic heterocycles. The number of benzene rings is 3. The lowest BCUT2D eigenvalue weighted by Gasteiger charge is -2.43. The number of rotatable bonds is 8. The van der Waals surface area contributed by atoms with Crippen molar-refractivity contribution >= 4 is 36.0 Å². The maximum absolute atomic E-state index is 16.2. The van der Waals surface area contributed by atoms with Gasteiger partial charge >= 0.3 is 0 Å². The monoisotopic (exact) mass is 621 g/mol. The molecular formula is C34H41ClFN3O3Si. The summed E-state index contributed by atoms with van der Waals surface area (Å²) < 4.78 is 31.3. The van der Waals surface area contributed by atoms with Crippen LogP contribution in [0.15, 0.2) is 72.9 Å². The molecular weight excluding hydrogens is 581 g/mol. The van der Waals surface area contributed by atoms with Crippen LogP contribution >= 0.6 is 11.6 Å². The smallest absolute Gasteiger partial charge is 0.261 e. The van der Waals surface area contributed by atoms with Gasteiger partial charge in [0.25, 0.3) is 8.32 Å². The van der Waals surface area contributed by atoms with Crippen molar-refractivity contribution in [2.75, 3.05) is 18.0 Å². The summed E-state index contributed by atoms with van der Waals surface area (Å²) in [7, 11) is -1.14. The average molecular weight is 622 g/mol. The van der Waals surface area contributed by atoms with Gasteiger partial charge in [-0.1, -0.05) is 93.0 Å². The normalized spacial score (nSPS) is 17.8. The number of aliphatic hydroxyl groups excluding tert-OH is 1. The van der Waals surface area contributed by atoms with Gasteiger partial charge in [-0.25, -0.2) is 9.37 Å². The van der Waals surface area contributed by atoms with Crippen LogP contribution in [0, 0.1) is 5.82 Å². The van der Waals surface area contributed by atoms with Crippen LogP contribution < -0.4 is 15.3 Å². The molecule has 1 N–H and O–H groups in total. The fourth-order valence-corrected chi connectivity index (χ4v) is 11.3. The van der Waals surface area contributed by atoms with Gasteiger partial charge in [0.2, 0.25) is 0 Å². The molecule has 43 heavy (non-hydrogen) atoms. The predicted octanol–water partition coefficient (Wildman–Crippen LogP) is 6.06. The highest BCUT2D eigenvalue weighted by molar-refractivity contribution is 6.99. The van der Waals surface area contributed by atoms with Gasteiger partial charge < -0.3 is 23.7 Å². The highest BCUT2D eigenvalue weighted by Crippen LogP contribution is 2.42. The Bertz CT molecular complexity index is 1510. The van der Waals surface area contributed by atoms with Crippen LogP contribution in [0.25, 0.3) is 11.3 Å². The zero-order valence-corrected chi connectivity index (χ0v) is 27.5. The van der Waals surface area contributed by atoms with Gasteiger partial charge in [-0.2, -0.15) is 0 Å². The van der Waals surface area contributed by atoms with Crippen molar-refractivity contribution in [3.8, 4) is 11.3 Å². The molecule has 1 aliphatic heterocycles. The summed E-state index contributed by atoms with van der Waals surface area (Å²) in [5, 5.41) is 11.9. The minimum absolute atomic E-state index is 0.0443. The third-order valence-corrected chi connectivity index (χ3v) is 13.7. The molecule has 3 aromatic carbocycles. The number of aliphatic hydroxyl groups is 1. The van der Waals surface area contributed by atoms with E-state index in [4.69, 9.17) is 20.8 Å². The molecule has 1 saturated heterocycles. The molecule has 9 heteroatoms. The summed E-state index contributed by atoms with van der Waals surface area (Å²) in [6.07, 6.45) is 1.49. The zero-order valence-electron chi connectivity index (χ0n) is 25.8. The number of nitrogens with zero attached hydrogens (tertiary/aromatic N) is 3. The van der Waals surface area contributed by atoms with Crippen molar-refractivity contribution in [1.29, 1.82) is 0 Å². The summed E-state index contributed by atoms with van der Waals surface area (Å²) >= 11 is 6.97. The second kappa shape index (κ2) is 12.5. The second-order valence-electron chi connectivity index (χ2n) is 12.5. The minimum atomic E-state index is -2.90. The van der Waals surface area contributed by atoms with Gasteiger partial charge in [-0.3, -0.25) is 0 Å². The Balaban J connectivity index is 1.70. The van der Waals surface area contributed by atoms with Gasteiger partial charge in [0, 0.05) is 31.3 Å². The summed E-state index contributed by atoms with van der Waals surface area (Å²) in [5.41, 5.74) is 2.28. The first kappa shape index (κ1) is 31.4. The van der Waals surface area contributed by atoms with Crippen LogP contribution in [0.1, 0.15) is 46.0 Å². The Hall–Kier alpha value is -3.01. The fraction of sp³-hybridized carbons (Fsp3) is 0.382. The predicted molar refractivity (Wildman–Crippen MR) is 174 cm³/mol. The summed E-state index contributed by atoms with van der Waals surface area (Å²) in [4.78, 5) is 6.42. The first-order chi connectivity index (χ1) is 20.5. The molecule has 6 nitrogen and oxygen atoms in total. The molecule has 0 saturated carbocycles. The van der Waals surface area contributed by atoms with Crippen LogP contribution in [-0.4, -0.2) is 48.3 Å². The van der Waals surface area contributed by atoms with E-state index in [1.165, 1.54) is 0 Å². The van der Waals surface area contributed by atoms with Crippen LogP contribution in [0.2, 0.25) is 10.1 Å². The Morgan fingerprint density at radius 3 is 2.07 bits per heavy atom. The van der Waals surface area contributed by atoms with Crippen molar-refractivity contribution in [2.24, 2.45) is 7.05 Å². The van der Waals surface area contributed by atoms with E-state index in [0.717, 1.165) is 15.9 Å². The number of imidazole rings is 1. The van der Waals surface area contributed by atoms with Crippen LogP contribution in [-0.2, 0) is 29.4 Å². The zero-order chi connectivity index (χ0) is 30.9. The number of ether oxygens (including phenoxy) is 1. The van der Waals surface area contributed by atoms with E-state index in [1.54, 1.807) is 17.8 Å². The number of anilines is 1. The summed E-state index contributed by atoms with van der Waals surface area (Å²) in [6, 6.07) is 22.8. The molecule has 1 fully saturated rings. The van der Waals surface area contributed by atoms with Crippen molar-refractivity contribution in [2.45, 2.75) is 65.1 Å². The number of halogens is 2. The van der Waals surface area contributed by atoms with E-state index in [0.29, 0.717) is 35.9 Å². The third kappa shape index (κ3) is 5.91. The lowest BCUT2D eigenvalue weighted by Crippen LogP contribution is -2.66. The quantitative estimate of drug-likeness (QED) is 0.242. The molecule has 4 aromatic rings. The number of morpholine rings is 1. The number of hydrogen-bond donors (Lipinski definition) is 1. The van der Waals surface area contributed by atoms with Crippen molar-refractivity contribution in [3.63, 3.8) is 0 Å². The molecule has 0 unspecified atom stereocenters. The highest BCUT2D eigenvalue weighted by atomic mass is 35.5. The van der Waals surface area contributed by atoms with E-state index in [9.17, 15) is 5.11 Å². The van der Waals surface area contributed by atoms with Crippen molar-refractivity contribution in [3.05, 3.63) is 95.2 Å². The number of hydrogen-bond acceptors (Lipinski definition) is 5. The topological polar surface area (TPSA) is 59.8 Å². The molecule has 0 spiro atoms. The summed E-state index contributed by atoms with van der Waals surface area (Å²) in [6.45, 7) is 11.9. The molecule has 5 rings (SSSR count). The molecule has 228 valence electrons. The molecule has 0 radical (unpaired) electrons. The fourth-order valence-electron chi connectivity index (χ4n) is 6.46. The molecule has 0 aliphatic carbocycles. The Morgan fingerprint density at radius 2 is 1.58 bits per heavy atom. The Morgan fingerprint density at radius 1 is 1.02 bits per heavy atom. The van der Waals surface area contributed by atoms with E-state index in [1.807, 2.05) is 32.0 Å². The average Bonchev–Trinajstić information content (AvgIpc) is 3.34. The minimum Gasteiger partial charge on any atom is -0.403 e. The van der Waals surface area contributed by atoms with Crippen LogP contribution in [0.4, 0.5) is 10.1 Å². The van der Waals surface area contributed by atoms with Gasteiger partial charge in [0.05, 0.1) is 36.4 Å².